The molecule has 3 aromatic rings. The summed E-state index contributed by atoms with van der Waals surface area (Å²) in [6, 6.07) is 25.0. The summed E-state index contributed by atoms with van der Waals surface area (Å²) < 4.78 is 5.92. The Bertz CT molecular complexity index is 927. The normalized spacial score (nSPS) is 12.8. The zero-order chi connectivity index (χ0) is 19.9. The number of aryl methyl sites for hydroxylation is 1. The van der Waals surface area contributed by atoms with Crippen molar-refractivity contribution >= 4 is 17.5 Å². The summed E-state index contributed by atoms with van der Waals surface area (Å²) >= 11 is 6.19. The molecule has 0 aromatic heterocycles. The highest BCUT2D eigenvalue weighted by atomic mass is 35.5. The van der Waals surface area contributed by atoms with Crippen LogP contribution in [0.5, 0.6) is 5.75 Å². The number of carbonyl (C=O) groups is 1. The number of benzene rings is 3. The van der Waals surface area contributed by atoms with Crippen molar-refractivity contribution < 1.29 is 9.53 Å². The van der Waals surface area contributed by atoms with Crippen molar-refractivity contribution in [1.29, 1.82) is 0 Å². The van der Waals surface area contributed by atoms with Crippen molar-refractivity contribution in [2.75, 3.05) is 0 Å². The van der Waals surface area contributed by atoms with E-state index < -0.39 is 6.10 Å². The predicted octanol–water partition coefficient (Wildman–Crippen LogP) is 5.71. The van der Waals surface area contributed by atoms with Crippen molar-refractivity contribution in [3.63, 3.8) is 0 Å². The van der Waals surface area contributed by atoms with Crippen LogP contribution in [0, 0.1) is 6.92 Å². The largest absolute Gasteiger partial charge is 0.479 e. The second-order valence-electron chi connectivity index (χ2n) is 6.65. The monoisotopic (exact) mass is 393 g/mol. The molecule has 144 valence electrons. The maximum atomic E-state index is 13.1. The van der Waals surface area contributed by atoms with Gasteiger partial charge in [0, 0.05) is 0 Å². The Labute approximate surface area is 171 Å². The lowest BCUT2D eigenvalue weighted by Gasteiger charge is -2.25. The number of amides is 1. The number of rotatable bonds is 7. The number of halogens is 1. The van der Waals surface area contributed by atoms with Crippen LogP contribution in [0.1, 0.15) is 36.1 Å². The molecule has 3 aromatic carbocycles. The molecule has 0 unspecified atom stereocenters. The molecule has 3 nitrogen and oxygen atoms in total. The Balaban J connectivity index is 1.86. The molecule has 0 bridgehead atoms. The van der Waals surface area contributed by atoms with Crippen molar-refractivity contribution in [1.82, 2.24) is 5.32 Å². The summed E-state index contributed by atoms with van der Waals surface area (Å²) in [4.78, 5) is 13.1. The van der Waals surface area contributed by atoms with E-state index in [1.807, 2.05) is 67.6 Å². The van der Waals surface area contributed by atoms with Crippen LogP contribution in [0.15, 0.2) is 78.9 Å². The van der Waals surface area contributed by atoms with Gasteiger partial charge in [-0.3, -0.25) is 4.79 Å². The number of hydrogen-bond acceptors (Lipinski definition) is 2. The van der Waals surface area contributed by atoms with Gasteiger partial charge < -0.3 is 10.1 Å². The van der Waals surface area contributed by atoms with E-state index in [1.165, 1.54) is 0 Å². The molecule has 0 aliphatic carbocycles. The average molecular weight is 394 g/mol. The first kappa shape index (κ1) is 20.0. The Morgan fingerprint density at radius 1 is 0.964 bits per heavy atom. The zero-order valence-electron chi connectivity index (χ0n) is 16.1. The van der Waals surface area contributed by atoms with Crippen molar-refractivity contribution in [3.8, 4) is 5.75 Å². The van der Waals surface area contributed by atoms with Crippen LogP contribution >= 0.6 is 11.6 Å². The third kappa shape index (κ3) is 4.73. The molecule has 28 heavy (non-hydrogen) atoms. The van der Waals surface area contributed by atoms with Gasteiger partial charge in [-0.15, -0.1) is 0 Å². The molecular formula is C24H24ClNO2. The van der Waals surface area contributed by atoms with Crippen molar-refractivity contribution in [2.45, 2.75) is 32.4 Å². The summed E-state index contributed by atoms with van der Waals surface area (Å²) in [5, 5.41) is 3.67. The Morgan fingerprint density at radius 2 is 1.61 bits per heavy atom. The molecule has 0 saturated heterocycles. The molecule has 0 fully saturated rings. The lowest BCUT2D eigenvalue weighted by molar-refractivity contribution is -0.128. The van der Waals surface area contributed by atoms with E-state index >= 15 is 0 Å². The summed E-state index contributed by atoms with van der Waals surface area (Å²) in [6.07, 6.45) is -0.0954. The van der Waals surface area contributed by atoms with Crippen molar-refractivity contribution in [2.24, 2.45) is 0 Å². The zero-order valence-corrected chi connectivity index (χ0v) is 16.8. The van der Waals surface area contributed by atoms with E-state index in [4.69, 9.17) is 16.3 Å². The van der Waals surface area contributed by atoms with E-state index in [2.05, 4.69) is 18.3 Å². The fourth-order valence-electron chi connectivity index (χ4n) is 3.15. The highest BCUT2D eigenvalue weighted by Gasteiger charge is 2.25. The van der Waals surface area contributed by atoms with Gasteiger partial charge in [-0.25, -0.2) is 0 Å². The van der Waals surface area contributed by atoms with E-state index in [0.29, 0.717) is 17.2 Å². The molecule has 0 saturated carbocycles. The molecule has 4 heteroatoms. The number of nitrogens with one attached hydrogen (secondary N) is 1. The van der Waals surface area contributed by atoms with Gasteiger partial charge >= 0.3 is 0 Å². The first-order chi connectivity index (χ1) is 13.6. The number of ether oxygens (including phenoxy) is 1. The fraction of sp³-hybridized carbons (Fsp3) is 0.208. The smallest absolute Gasteiger partial charge is 0.261 e. The highest BCUT2D eigenvalue weighted by molar-refractivity contribution is 6.32. The van der Waals surface area contributed by atoms with Crippen LogP contribution < -0.4 is 10.1 Å². The fourth-order valence-corrected chi connectivity index (χ4v) is 3.33. The van der Waals surface area contributed by atoms with Crippen molar-refractivity contribution in [3.05, 3.63) is 101 Å². The summed E-state index contributed by atoms with van der Waals surface area (Å²) in [5.74, 6) is 0.345. The van der Waals surface area contributed by atoms with Gasteiger partial charge in [0.25, 0.3) is 5.91 Å². The third-order valence-corrected chi connectivity index (χ3v) is 5.00. The molecule has 1 amide bonds. The second-order valence-corrected chi connectivity index (χ2v) is 7.06. The molecule has 3 rings (SSSR count). The quantitative estimate of drug-likeness (QED) is 0.558. The van der Waals surface area contributed by atoms with Crippen LogP contribution in [-0.4, -0.2) is 12.0 Å². The number of carbonyl (C=O) groups excluding carboxylic acids is 1. The third-order valence-electron chi connectivity index (χ3n) is 4.69. The summed E-state index contributed by atoms with van der Waals surface area (Å²) in [7, 11) is 0. The van der Waals surface area contributed by atoms with E-state index in [1.54, 1.807) is 12.1 Å². The number of para-hydroxylation sites is 1. The van der Waals surface area contributed by atoms with Gasteiger partial charge in [0.15, 0.2) is 6.10 Å². The first-order valence-corrected chi connectivity index (χ1v) is 9.80. The van der Waals surface area contributed by atoms with Gasteiger partial charge in [-0.2, -0.15) is 0 Å². The Kier molecular flexibility index (Phi) is 6.72. The summed E-state index contributed by atoms with van der Waals surface area (Å²) in [5.41, 5.74) is 3.21. The van der Waals surface area contributed by atoms with E-state index in [0.717, 1.165) is 16.7 Å². The van der Waals surface area contributed by atoms with Crippen LogP contribution in [-0.2, 0) is 4.79 Å². The van der Waals surface area contributed by atoms with Crippen LogP contribution in [0.3, 0.4) is 0 Å². The topological polar surface area (TPSA) is 38.3 Å². The maximum Gasteiger partial charge on any atom is 0.261 e. The molecule has 1 N–H and O–H groups in total. The molecule has 0 aliphatic heterocycles. The minimum atomic E-state index is -0.630. The molecule has 2 atom stereocenters. The summed E-state index contributed by atoms with van der Waals surface area (Å²) in [6.45, 7) is 3.97. The standard InChI is InChI=1S/C24H24ClNO2/c1-3-21(28-22-16-10-9-15-20(22)25)24(27)26-23(18-12-5-4-6-13-18)19-14-8-7-11-17(19)2/h4-16,21,23H,3H2,1-2H3,(H,26,27)/t21-,23+/m0/s1. The van der Waals surface area contributed by atoms with Crippen LogP contribution in [0.4, 0.5) is 0 Å². The maximum absolute atomic E-state index is 13.1. The second kappa shape index (κ2) is 9.43. The molecular weight excluding hydrogens is 370 g/mol. The molecule has 0 spiro atoms. The minimum Gasteiger partial charge on any atom is -0.479 e. The van der Waals surface area contributed by atoms with E-state index in [-0.39, 0.29) is 11.9 Å². The molecule has 0 heterocycles. The first-order valence-electron chi connectivity index (χ1n) is 9.42. The van der Waals surface area contributed by atoms with E-state index in [9.17, 15) is 4.79 Å². The average Bonchev–Trinajstić information content (AvgIpc) is 2.72. The minimum absolute atomic E-state index is 0.167. The Morgan fingerprint density at radius 3 is 2.29 bits per heavy atom. The lowest BCUT2D eigenvalue weighted by Crippen LogP contribution is -2.40. The van der Waals surface area contributed by atoms with Gasteiger partial charge in [-0.05, 0) is 42.2 Å². The van der Waals surface area contributed by atoms with Gasteiger partial charge in [0.05, 0.1) is 11.1 Å². The van der Waals surface area contributed by atoms with Gasteiger partial charge in [0.1, 0.15) is 5.75 Å². The predicted molar refractivity (Wildman–Crippen MR) is 114 cm³/mol. The SMILES string of the molecule is CC[C@H](Oc1ccccc1Cl)C(=O)N[C@H](c1ccccc1)c1ccccc1C. The lowest BCUT2D eigenvalue weighted by atomic mass is 9.94. The van der Waals surface area contributed by atoms with Gasteiger partial charge in [0.2, 0.25) is 0 Å². The van der Waals surface area contributed by atoms with Gasteiger partial charge in [-0.1, -0.05) is 85.3 Å². The highest BCUT2D eigenvalue weighted by Crippen LogP contribution is 2.27. The van der Waals surface area contributed by atoms with Crippen LogP contribution in [0.2, 0.25) is 5.02 Å². The Hall–Kier alpha value is -2.78. The molecule has 0 radical (unpaired) electrons. The van der Waals surface area contributed by atoms with Crippen LogP contribution in [0.25, 0.3) is 0 Å². The molecule has 0 aliphatic rings. The number of hydrogen-bond donors (Lipinski definition) is 1.